The van der Waals surface area contributed by atoms with Gasteiger partial charge in [0.05, 0.1) is 33.7 Å². The Kier molecular flexibility index (Phi) is 7.73. The summed E-state index contributed by atoms with van der Waals surface area (Å²) in [6.45, 7) is 0. The summed E-state index contributed by atoms with van der Waals surface area (Å²) in [5, 5.41) is 7.99. The molecule has 0 saturated heterocycles. The molecule has 0 radical (unpaired) electrons. The Morgan fingerprint density at radius 1 is 0.861 bits per heavy atom. The first-order chi connectivity index (χ1) is 17.2. The van der Waals surface area contributed by atoms with Crippen LogP contribution in [0.3, 0.4) is 0 Å². The van der Waals surface area contributed by atoms with Gasteiger partial charge in [-0.1, -0.05) is 40.9 Å². The highest BCUT2D eigenvalue weighted by Crippen LogP contribution is 2.33. The number of aromatic nitrogens is 4. The van der Waals surface area contributed by atoms with E-state index >= 15 is 0 Å². The van der Waals surface area contributed by atoms with Crippen LogP contribution >= 0.6 is 34.8 Å². The fourth-order valence-electron chi connectivity index (χ4n) is 2.80. The number of nitrogens with one attached hydrogen (secondary N) is 2. The van der Waals surface area contributed by atoms with E-state index in [1.807, 2.05) is 0 Å². The first-order valence-corrected chi connectivity index (χ1v) is 11.0. The molecule has 0 bridgehead atoms. The van der Waals surface area contributed by atoms with Gasteiger partial charge >= 0.3 is 6.36 Å². The number of benzene rings is 2. The lowest BCUT2D eigenvalue weighted by Crippen LogP contribution is -2.17. The molecular formula is C22H13Cl3F3N7O. The average Bonchev–Trinajstić information content (AvgIpc) is 2.81. The van der Waals surface area contributed by atoms with Gasteiger partial charge in [-0.2, -0.15) is 20.1 Å². The fraction of sp³-hybridized carbons (Fsp3) is 0.0455. The van der Waals surface area contributed by atoms with Gasteiger partial charge in [-0.05, 0) is 54.1 Å². The number of rotatable bonds is 7. The van der Waals surface area contributed by atoms with Crippen LogP contribution in [-0.4, -0.2) is 32.5 Å². The molecule has 0 amide bonds. The van der Waals surface area contributed by atoms with Gasteiger partial charge < -0.3 is 10.1 Å². The second-order valence-corrected chi connectivity index (χ2v) is 8.09. The molecule has 36 heavy (non-hydrogen) atoms. The fourth-order valence-corrected chi connectivity index (χ4v) is 3.48. The van der Waals surface area contributed by atoms with E-state index in [2.05, 4.69) is 40.5 Å². The van der Waals surface area contributed by atoms with Crippen molar-refractivity contribution in [1.29, 1.82) is 0 Å². The minimum atomic E-state index is -4.77. The average molecular weight is 555 g/mol. The zero-order valence-electron chi connectivity index (χ0n) is 17.8. The number of halogens is 6. The second-order valence-electron chi connectivity index (χ2n) is 6.88. The van der Waals surface area contributed by atoms with E-state index in [9.17, 15) is 13.2 Å². The maximum absolute atomic E-state index is 12.3. The van der Waals surface area contributed by atoms with Crippen molar-refractivity contribution in [3.63, 3.8) is 0 Å². The maximum Gasteiger partial charge on any atom is 0.573 e. The van der Waals surface area contributed by atoms with Gasteiger partial charge in [0.1, 0.15) is 10.9 Å². The molecule has 0 aliphatic carbocycles. The number of hydrogen-bond acceptors (Lipinski definition) is 8. The molecule has 0 spiro atoms. The molecule has 8 nitrogen and oxygen atoms in total. The zero-order valence-corrected chi connectivity index (χ0v) is 20.0. The number of anilines is 3. The highest BCUT2D eigenvalue weighted by molar-refractivity contribution is 6.39. The Morgan fingerprint density at radius 2 is 1.56 bits per heavy atom. The Hall–Kier alpha value is -3.67. The van der Waals surface area contributed by atoms with Crippen molar-refractivity contribution in [1.82, 2.24) is 19.9 Å². The number of alkyl halides is 3. The number of pyridine rings is 1. The molecule has 0 aliphatic heterocycles. The summed E-state index contributed by atoms with van der Waals surface area (Å²) in [6, 6.07) is 13.4. The van der Waals surface area contributed by atoms with Crippen molar-refractivity contribution in [2.75, 3.05) is 10.7 Å². The summed E-state index contributed by atoms with van der Waals surface area (Å²) in [7, 11) is 0. The van der Waals surface area contributed by atoms with E-state index in [0.29, 0.717) is 32.0 Å². The summed E-state index contributed by atoms with van der Waals surface area (Å²) >= 11 is 18.5. The van der Waals surface area contributed by atoms with E-state index in [0.717, 1.165) is 12.1 Å². The first-order valence-electron chi connectivity index (χ1n) is 9.90. The van der Waals surface area contributed by atoms with Crippen molar-refractivity contribution in [3.8, 4) is 17.1 Å². The molecule has 2 aromatic heterocycles. The van der Waals surface area contributed by atoms with Crippen molar-refractivity contribution in [3.05, 3.63) is 81.6 Å². The Labute approximate surface area is 217 Å². The predicted molar refractivity (Wildman–Crippen MR) is 132 cm³/mol. The summed E-state index contributed by atoms with van der Waals surface area (Å²) in [6.07, 6.45) is -1.92. The molecule has 2 aromatic carbocycles. The van der Waals surface area contributed by atoms with Gasteiger partial charge in [-0.15, -0.1) is 13.2 Å². The number of hydrogen-bond donors (Lipinski definition) is 2. The SMILES string of the molecule is FC(F)(F)Oc1ccc(/C=N\Nc2nc(Nc3ccc(Cl)nc3)nc(-c3c(Cl)cccc3Cl)n2)cc1. The van der Waals surface area contributed by atoms with Crippen LogP contribution in [-0.2, 0) is 0 Å². The largest absolute Gasteiger partial charge is 0.573 e. The van der Waals surface area contributed by atoms with Gasteiger partial charge in [0.2, 0.25) is 11.9 Å². The first kappa shape index (κ1) is 25.4. The Morgan fingerprint density at radius 3 is 2.19 bits per heavy atom. The Balaban J connectivity index is 1.60. The van der Waals surface area contributed by atoms with Crippen LogP contribution in [0.1, 0.15) is 5.56 Å². The summed E-state index contributed by atoms with van der Waals surface area (Å²) in [5.41, 5.74) is 4.09. The van der Waals surface area contributed by atoms with Crippen LogP contribution in [0.25, 0.3) is 11.4 Å². The quantitative estimate of drug-likeness (QED) is 0.144. The van der Waals surface area contributed by atoms with Crippen LogP contribution in [0.4, 0.5) is 30.8 Å². The van der Waals surface area contributed by atoms with E-state index in [4.69, 9.17) is 34.8 Å². The molecule has 0 fully saturated rings. The lowest BCUT2D eigenvalue weighted by molar-refractivity contribution is -0.274. The monoisotopic (exact) mass is 553 g/mol. The summed E-state index contributed by atoms with van der Waals surface area (Å²) in [5.74, 6) is -0.0183. The molecule has 184 valence electrons. The summed E-state index contributed by atoms with van der Waals surface area (Å²) < 4.78 is 40.8. The van der Waals surface area contributed by atoms with Crippen molar-refractivity contribution in [2.24, 2.45) is 5.10 Å². The van der Waals surface area contributed by atoms with E-state index in [-0.39, 0.29) is 23.5 Å². The number of ether oxygens (including phenoxy) is 1. The molecule has 2 heterocycles. The highest BCUT2D eigenvalue weighted by atomic mass is 35.5. The molecule has 0 saturated carbocycles. The summed E-state index contributed by atoms with van der Waals surface area (Å²) in [4.78, 5) is 17.0. The van der Waals surface area contributed by atoms with Crippen molar-refractivity contribution in [2.45, 2.75) is 6.36 Å². The molecule has 0 atom stereocenters. The van der Waals surface area contributed by atoms with E-state index in [1.54, 1.807) is 30.3 Å². The molecule has 2 N–H and O–H groups in total. The second kappa shape index (κ2) is 10.9. The van der Waals surface area contributed by atoms with Gasteiger partial charge in [0.25, 0.3) is 0 Å². The molecule has 4 rings (SSSR count). The standard InChI is InChI=1S/C22H13Cl3F3N7O/c23-15-2-1-3-16(24)18(15)19-32-20(31-13-6-9-17(25)29-11-13)34-21(33-19)35-30-10-12-4-7-14(8-5-12)36-22(26,27)28/h1-11H,(H2,31,32,33,34,35)/b30-10-. The Bertz CT molecular complexity index is 1370. The molecule has 4 aromatic rings. The van der Waals surface area contributed by atoms with E-state index in [1.165, 1.54) is 24.5 Å². The van der Waals surface area contributed by atoms with Gasteiger partial charge in [-0.25, -0.2) is 10.4 Å². The van der Waals surface area contributed by atoms with Crippen LogP contribution in [0.2, 0.25) is 15.2 Å². The van der Waals surface area contributed by atoms with Crippen molar-refractivity contribution >= 4 is 58.6 Å². The smallest absolute Gasteiger partial charge is 0.406 e. The van der Waals surface area contributed by atoms with E-state index < -0.39 is 6.36 Å². The topological polar surface area (TPSA) is 97.2 Å². The maximum atomic E-state index is 12.3. The van der Waals surface area contributed by atoms with Gasteiger partial charge in [0.15, 0.2) is 5.82 Å². The predicted octanol–water partition coefficient (Wildman–Crippen LogP) is 6.98. The van der Waals surface area contributed by atoms with Gasteiger partial charge in [-0.3, -0.25) is 0 Å². The third-order valence-corrected chi connectivity index (χ3v) is 5.15. The van der Waals surface area contributed by atoms with Crippen LogP contribution in [0.15, 0.2) is 65.9 Å². The zero-order chi connectivity index (χ0) is 25.7. The molecular weight excluding hydrogens is 542 g/mol. The minimum absolute atomic E-state index is 0.0358. The number of hydrazone groups is 1. The molecule has 14 heteroatoms. The third kappa shape index (κ3) is 6.94. The lowest BCUT2D eigenvalue weighted by atomic mass is 10.2. The lowest BCUT2D eigenvalue weighted by Gasteiger charge is -2.10. The third-order valence-electron chi connectivity index (χ3n) is 4.30. The van der Waals surface area contributed by atoms with Crippen LogP contribution in [0.5, 0.6) is 5.75 Å². The highest BCUT2D eigenvalue weighted by Gasteiger charge is 2.30. The normalized spacial score (nSPS) is 11.5. The van der Waals surface area contributed by atoms with Crippen LogP contribution < -0.4 is 15.5 Å². The number of nitrogens with zero attached hydrogens (tertiary/aromatic N) is 5. The molecule has 0 unspecified atom stereocenters. The van der Waals surface area contributed by atoms with Gasteiger partial charge in [0, 0.05) is 0 Å². The minimum Gasteiger partial charge on any atom is -0.406 e. The molecule has 0 aliphatic rings. The van der Waals surface area contributed by atoms with Crippen molar-refractivity contribution < 1.29 is 17.9 Å². The van der Waals surface area contributed by atoms with Crippen LogP contribution in [0, 0.1) is 0 Å².